The molecule has 0 bridgehead atoms. The third kappa shape index (κ3) is 5.54. The summed E-state index contributed by atoms with van der Waals surface area (Å²) >= 11 is 3.73. The maximum atomic E-state index is 6.96. The van der Waals surface area contributed by atoms with E-state index in [0.29, 0.717) is 0 Å². The van der Waals surface area contributed by atoms with Crippen LogP contribution in [0.5, 0.6) is 0 Å². The van der Waals surface area contributed by atoms with Crippen molar-refractivity contribution in [2.24, 2.45) is 0 Å². The van der Waals surface area contributed by atoms with Crippen LogP contribution in [-0.4, -0.2) is 0 Å². The second-order valence-corrected chi connectivity index (χ2v) is 18.1. The van der Waals surface area contributed by atoms with E-state index >= 15 is 0 Å². The molecule has 10 aromatic carbocycles. The first kappa shape index (κ1) is 35.3. The number of benzene rings is 10. The molecular weight excluding hydrogens is 791 g/mol. The van der Waals surface area contributed by atoms with Gasteiger partial charge in [-0.2, -0.15) is 0 Å². The number of furan rings is 1. The van der Waals surface area contributed by atoms with Crippen LogP contribution in [0.4, 0.5) is 17.1 Å². The van der Waals surface area contributed by atoms with Crippen molar-refractivity contribution in [3.8, 4) is 33.4 Å². The molecule has 0 aliphatic heterocycles. The van der Waals surface area contributed by atoms with Gasteiger partial charge in [0.25, 0.3) is 0 Å². The molecule has 0 aliphatic rings. The van der Waals surface area contributed by atoms with Crippen molar-refractivity contribution in [1.82, 2.24) is 0 Å². The predicted octanol–water partition coefficient (Wildman–Crippen LogP) is 17.9. The summed E-state index contributed by atoms with van der Waals surface area (Å²) in [5, 5.41) is 9.77. The van der Waals surface area contributed by atoms with Crippen molar-refractivity contribution < 1.29 is 4.42 Å². The zero-order valence-corrected chi connectivity index (χ0v) is 35.0. The summed E-state index contributed by atoms with van der Waals surface area (Å²) in [4.78, 5) is 2.45. The van der Waals surface area contributed by atoms with Crippen LogP contribution in [0.15, 0.2) is 217 Å². The fraction of sp³-hybridized carbons (Fsp3) is 0. The quantitative estimate of drug-likeness (QED) is 0.166. The topological polar surface area (TPSA) is 16.4 Å². The summed E-state index contributed by atoms with van der Waals surface area (Å²) in [6.45, 7) is 0. The van der Waals surface area contributed by atoms with E-state index in [1.165, 1.54) is 73.4 Å². The van der Waals surface area contributed by atoms with Crippen molar-refractivity contribution in [1.29, 1.82) is 0 Å². The Labute approximate surface area is 365 Å². The van der Waals surface area contributed by atoms with Gasteiger partial charge in [-0.05, 0) is 87.1 Å². The van der Waals surface area contributed by atoms with Crippen LogP contribution >= 0.6 is 22.7 Å². The van der Waals surface area contributed by atoms with Crippen LogP contribution in [0.1, 0.15) is 0 Å². The third-order valence-corrected chi connectivity index (χ3v) is 14.9. The Bertz CT molecular complexity index is 3860. The minimum Gasteiger partial charge on any atom is -0.455 e. The molecule has 4 heteroatoms. The average molecular weight is 826 g/mol. The maximum Gasteiger partial charge on any atom is 0.143 e. The number of rotatable bonds is 6. The molecule has 2 nitrogen and oxygen atoms in total. The minimum absolute atomic E-state index is 0.885. The largest absolute Gasteiger partial charge is 0.455 e. The molecule has 0 amide bonds. The van der Waals surface area contributed by atoms with E-state index in [1.807, 2.05) is 22.7 Å². The molecule has 0 saturated heterocycles. The molecule has 3 aromatic heterocycles. The number of hydrogen-bond acceptors (Lipinski definition) is 4. The summed E-state index contributed by atoms with van der Waals surface area (Å²) in [6, 6.07) is 77.3. The van der Waals surface area contributed by atoms with E-state index < -0.39 is 0 Å². The first-order chi connectivity index (χ1) is 30.7. The molecular formula is C58H35NOS2. The highest BCUT2D eigenvalue weighted by molar-refractivity contribution is 7.26. The Morgan fingerprint density at radius 2 is 0.935 bits per heavy atom. The highest BCUT2D eigenvalue weighted by atomic mass is 32.1. The summed E-state index contributed by atoms with van der Waals surface area (Å²) in [6.07, 6.45) is 0. The average Bonchev–Trinajstić information content (AvgIpc) is 4.04. The monoisotopic (exact) mass is 825 g/mol. The van der Waals surface area contributed by atoms with E-state index in [4.69, 9.17) is 4.42 Å². The van der Waals surface area contributed by atoms with E-state index in [0.717, 1.165) is 50.1 Å². The van der Waals surface area contributed by atoms with Crippen molar-refractivity contribution in [2.75, 3.05) is 4.90 Å². The molecule has 3 heterocycles. The van der Waals surface area contributed by atoms with Gasteiger partial charge in [-0.3, -0.25) is 0 Å². The second kappa shape index (κ2) is 14.0. The third-order valence-electron chi connectivity index (χ3n) is 12.5. The Balaban J connectivity index is 1.06. The molecule has 0 saturated carbocycles. The summed E-state index contributed by atoms with van der Waals surface area (Å²) in [5.41, 5.74) is 12.1. The van der Waals surface area contributed by atoms with Crippen LogP contribution in [-0.2, 0) is 0 Å². The number of thiophene rings is 2. The van der Waals surface area contributed by atoms with Gasteiger partial charge in [-0.25, -0.2) is 0 Å². The Morgan fingerprint density at radius 1 is 0.355 bits per heavy atom. The summed E-state index contributed by atoms with van der Waals surface area (Å²) in [7, 11) is 0. The van der Waals surface area contributed by atoms with E-state index in [-0.39, 0.29) is 0 Å². The second-order valence-electron chi connectivity index (χ2n) is 16.0. The number of hydrogen-bond donors (Lipinski definition) is 0. The summed E-state index contributed by atoms with van der Waals surface area (Å²) < 4.78 is 12.1. The lowest BCUT2D eigenvalue weighted by molar-refractivity contribution is 0.670. The van der Waals surface area contributed by atoms with Crippen LogP contribution in [0.25, 0.3) is 106 Å². The van der Waals surface area contributed by atoms with Gasteiger partial charge in [0.05, 0.1) is 10.4 Å². The first-order valence-corrected chi connectivity index (χ1v) is 22.6. The van der Waals surface area contributed by atoms with Gasteiger partial charge in [0.15, 0.2) is 0 Å². The standard InChI is InChI=1S/C58H35NOS2/c1-2-12-36(13-3-1)37-28-31-41(32-29-37)59(51-21-11-20-48-46-17-7-9-23-54(46)62-58(48)51)42-34-49(56-50(35-42)55-43-15-5-4-14-38(43)30-33-52(55)60-56)40-26-24-39(25-27-40)44-18-10-19-47-45-16-6-8-22-53(45)61-57(44)47/h1-35H. The van der Waals surface area contributed by atoms with Crippen molar-refractivity contribution in [3.05, 3.63) is 212 Å². The molecule has 0 fully saturated rings. The fourth-order valence-corrected chi connectivity index (χ4v) is 12.0. The van der Waals surface area contributed by atoms with E-state index in [2.05, 4.69) is 217 Å². The minimum atomic E-state index is 0.885. The molecule has 13 aromatic rings. The zero-order valence-electron chi connectivity index (χ0n) is 33.4. The molecule has 0 spiro atoms. The molecule has 0 unspecified atom stereocenters. The van der Waals surface area contributed by atoms with Gasteiger partial charge < -0.3 is 9.32 Å². The Hall–Kier alpha value is -7.50. The van der Waals surface area contributed by atoms with Crippen molar-refractivity contribution in [3.63, 3.8) is 0 Å². The van der Waals surface area contributed by atoms with E-state index in [1.54, 1.807) is 0 Å². The lowest BCUT2D eigenvalue weighted by Gasteiger charge is -2.27. The van der Waals surface area contributed by atoms with Gasteiger partial charge in [0, 0.05) is 63.4 Å². The van der Waals surface area contributed by atoms with Gasteiger partial charge in [0.1, 0.15) is 11.2 Å². The lowest BCUT2D eigenvalue weighted by atomic mass is 9.96. The van der Waals surface area contributed by atoms with Crippen LogP contribution < -0.4 is 4.90 Å². The molecule has 0 atom stereocenters. The molecule has 0 N–H and O–H groups in total. The van der Waals surface area contributed by atoms with Gasteiger partial charge in [-0.1, -0.05) is 164 Å². The van der Waals surface area contributed by atoms with Gasteiger partial charge in [-0.15, -0.1) is 22.7 Å². The van der Waals surface area contributed by atoms with Crippen LogP contribution in [0.3, 0.4) is 0 Å². The van der Waals surface area contributed by atoms with Crippen molar-refractivity contribution in [2.45, 2.75) is 0 Å². The zero-order chi connectivity index (χ0) is 40.7. The highest BCUT2D eigenvalue weighted by Gasteiger charge is 2.23. The van der Waals surface area contributed by atoms with Crippen LogP contribution in [0.2, 0.25) is 0 Å². The maximum absolute atomic E-state index is 6.96. The molecule has 62 heavy (non-hydrogen) atoms. The number of fused-ring (bicyclic) bond motifs is 11. The number of nitrogens with zero attached hydrogens (tertiary/aromatic N) is 1. The smallest absolute Gasteiger partial charge is 0.143 e. The van der Waals surface area contributed by atoms with Gasteiger partial charge >= 0.3 is 0 Å². The Morgan fingerprint density at radius 3 is 1.69 bits per heavy atom. The van der Waals surface area contributed by atoms with Gasteiger partial charge in [0.2, 0.25) is 0 Å². The molecule has 13 rings (SSSR count). The molecule has 0 aliphatic carbocycles. The normalized spacial score (nSPS) is 11.9. The fourth-order valence-electron chi connectivity index (χ4n) is 9.55. The highest BCUT2D eigenvalue weighted by Crippen LogP contribution is 2.49. The van der Waals surface area contributed by atoms with E-state index in [9.17, 15) is 0 Å². The lowest BCUT2D eigenvalue weighted by Crippen LogP contribution is -2.10. The number of anilines is 3. The van der Waals surface area contributed by atoms with Crippen LogP contribution in [0, 0.1) is 0 Å². The summed E-state index contributed by atoms with van der Waals surface area (Å²) in [5.74, 6) is 0. The van der Waals surface area contributed by atoms with Crippen molar-refractivity contribution >= 4 is 113 Å². The first-order valence-electron chi connectivity index (χ1n) is 21.0. The predicted molar refractivity (Wildman–Crippen MR) is 268 cm³/mol. The Kier molecular flexibility index (Phi) is 7.99. The molecule has 290 valence electrons. The SMILES string of the molecule is c1ccc(-c2ccc(N(c3cc(-c4ccc(-c5cccc6c5sc5ccccc56)cc4)c4oc5ccc6ccccc6c5c4c3)c3cccc4c3sc3ccccc34)cc2)cc1. The molecule has 0 radical (unpaired) electrons.